The van der Waals surface area contributed by atoms with Crippen LogP contribution in [0.15, 0.2) is 42.2 Å². The van der Waals surface area contributed by atoms with Crippen LogP contribution in [0, 0.1) is 5.92 Å². The maximum absolute atomic E-state index is 13.6. The smallest absolute Gasteiger partial charge is 0.236 e. The molecule has 34 heavy (non-hydrogen) atoms. The molecule has 2 aliphatic rings. The molecular weight excluding hydrogens is 460 g/mol. The molecule has 3 aromatic rings. The van der Waals surface area contributed by atoms with Gasteiger partial charge in [-0.1, -0.05) is 24.6 Å². The summed E-state index contributed by atoms with van der Waals surface area (Å²) >= 11 is 6.44. The van der Waals surface area contributed by atoms with Crippen LogP contribution in [0.2, 0.25) is 5.02 Å². The summed E-state index contributed by atoms with van der Waals surface area (Å²) in [7, 11) is 2.89. The maximum atomic E-state index is 13.6. The normalized spacial score (nSPS) is 22.4. The van der Waals surface area contributed by atoms with Crippen LogP contribution in [0.1, 0.15) is 42.5 Å². The first-order valence-electron chi connectivity index (χ1n) is 10.8. The minimum Gasteiger partial charge on any atom is -0.496 e. The number of carbonyl (C=O) groups is 2. The molecule has 3 atom stereocenters. The van der Waals surface area contributed by atoms with Gasteiger partial charge >= 0.3 is 0 Å². The van der Waals surface area contributed by atoms with Crippen molar-refractivity contribution < 1.29 is 23.8 Å². The Morgan fingerprint density at radius 1 is 1.24 bits per heavy atom. The molecule has 5 rings (SSSR count). The Kier molecular flexibility index (Phi) is 5.24. The molecule has 1 aromatic carbocycles. The van der Waals surface area contributed by atoms with Crippen molar-refractivity contribution in [3.63, 3.8) is 0 Å². The van der Waals surface area contributed by atoms with Crippen molar-refractivity contribution in [3.8, 4) is 17.2 Å². The number of hydrogen-bond donors (Lipinski definition) is 1. The van der Waals surface area contributed by atoms with Crippen molar-refractivity contribution in [2.45, 2.75) is 31.9 Å². The fraction of sp³-hybridized carbons (Fsp3) is 0.333. The molecule has 0 saturated heterocycles. The summed E-state index contributed by atoms with van der Waals surface area (Å²) in [6, 6.07) is 6.95. The van der Waals surface area contributed by atoms with E-state index in [-0.39, 0.29) is 28.1 Å². The van der Waals surface area contributed by atoms with E-state index < -0.39 is 23.1 Å². The number of hydrogen-bond acceptors (Lipinski definition) is 8. The Hall–Kier alpha value is -3.59. The van der Waals surface area contributed by atoms with E-state index in [9.17, 15) is 9.59 Å². The van der Waals surface area contributed by atoms with E-state index >= 15 is 0 Å². The lowest BCUT2D eigenvalue weighted by atomic mass is 9.74. The van der Waals surface area contributed by atoms with Crippen molar-refractivity contribution in [1.29, 1.82) is 0 Å². The van der Waals surface area contributed by atoms with Gasteiger partial charge in [0.1, 0.15) is 22.1 Å². The highest BCUT2D eigenvalue weighted by atomic mass is 35.5. The Balaban J connectivity index is 1.47. The standard InChI is InChI=1S/C24H23ClN4O5/c1-12-9-14(26-13(2)23-28-27-18-7-5-6-8-29(18)23)10-17(30)24(12)22(31)19-15(32-3)11-16(33-4)20(25)21(19)34-24/h5-8,10-13,26H,9H2,1-4H3. The lowest BCUT2D eigenvalue weighted by Gasteiger charge is -2.35. The summed E-state index contributed by atoms with van der Waals surface area (Å²) in [6.45, 7) is 3.75. The molecule has 0 fully saturated rings. The van der Waals surface area contributed by atoms with Gasteiger partial charge in [0, 0.05) is 30.0 Å². The molecule has 2 aromatic heterocycles. The number of allylic oxidation sites excluding steroid dienone is 1. The fourth-order valence-electron chi connectivity index (χ4n) is 4.73. The number of pyridine rings is 1. The number of nitrogens with one attached hydrogen (secondary N) is 1. The van der Waals surface area contributed by atoms with Gasteiger partial charge in [0.2, 0.25) is 17.2 Å². The van der Waals surface area contributed by atoms with Gasteiger partial charge in [-0.15, -0.1) is 10.2 Å². The molecule has 0 radical (unpaired) electrons. The van der Waals surface area contributed by atoms with Gasteiger partial charge in [-0.05, 0) is 25.5 Å². The average molecular weight is 483 g/mol. The minimum atomic E-state index is -1.71. The van der Waals surface area contributed by atoms with Crippen LogP contribution in [0.25, 0.3) is 5.65 Å². The Morgan fingerprint density at radius 2 is 2.00 bits per heavy atom. The molecular formula is C24H23ClN4O5. The number of aromatic nitrogens is 3. The van der Waals surface area contributed by atoms with E-state index in [4.69, 9.17) is 25.8 Å². The van der Waals surface area contributed by atoms with Crippen molar-refractivity contribution in [1.82, 2.24) is 19.9 Å². The van der Waals surface area contributed by atoms with Crippen molar-refractivity contribution in [2.75, 3.05) is 14.2 Å². The van der Waals surface area contributed by atoms with Crippen LogP contribution in [0.5, 0.6) is 17.2 Å². The molecule has 0 bridgehead atoms. The van der Waals surface area contributed by atoms with E-state index in [0.717, 1.165) is 5.65 Å². The first-order valence-corrected chi connectivity index (χ1v) is 11.2. The zero-order valence-electron chi connectivity index (χ0n) is 19.1. The number of rotatable bonds is 5. The van der Waals surface area contributed by atoms with Crippen molar-refractivity contribution >= 4 is 28.8 Å². The third kappa shape index (κ3) is 3.07. The summed E-state index contributed by atoms with van der Waals surface area (Å²) in [6.07, 6.45) is 3.72. The van der Waals surface area contributed by atoms with Crippen LogP contribution in [-0.2, 0) is 4.79 Å². The highest BCUT2D eigenvalue weighted by Gasteiger charge is 2.60. The van der Waals surface area contributed by atoms with Gasteiger partial charge in [-0.25, -0.2) is 0 Å². The van der Waals surface area contributed by atoms with Crippen molar-refractivity contribution in [2.24, 2.45) is 5.92 Å². The lowest BCUT2D eigenvalue weighted by Crippen LogP contribution is -2.55. The van der Waals surface area contributed by atoms with Crippen LogP contribution >= 0.6 is 11.6 Å². The highest BCUT2D eigenvalue weighted by molar-refractivity contribution is 6.36. The molecule has 3 unspecified atom stereocenters. The summed E-state index contributed by atoms with van der Waals surface area (Å²) < 4.78 is 18.6. The third-order valence-electron chi connectivity index (χ3n) is 6.44. The van der Waals surface area contributed by atoms with Crippen LogP contribution in [-0.4, -0.2) is 46.0 Å². The Bertz CT molecular complexity index is 1370. The summed E-state index contributed by atoms with van der Waals surface area (Å²) in [5.74, 6) is -0.0269. The molecule has 176 valence electrons. The van der Waals surface area contributed by atoms with Gasteiger partial charge in [-0.2, -0.15) is 0 Å². The molecule has 0 amide bonds. The molecule has 1 spiro atoms. The first-order chi connectivity index (χ1) is 16.3. The number of halogens is 1. The Labute approximate surface area is 200 Å². The van der Waals surface area contributed by atoms with Gasteiger partial charge in [-0.3, -0.25) is 14.0 Å². The number of ether oxygens (including phenoxy) is 3. The summed E-state index contributed by atoms with van der Waals surface area (Å²) in [5.41, 5.74) is -0.134. The summed E-state index contributed by atoms with van der Waals surface area (Å²) in [4.78, 5) is 27.0. The second-order valence-electron chi connectivity index (χ2n) is 8.46. The number of methoxy groups -OCH3 is 2. The second-order valence-corrected chi connectivity index (χ2v) is 8.84. The number of fused-ring (bicyclic) bond motifs is 2. The predicted molar refractivity (Wildman–Crippen MR) is 124 cm³/mol. The number of benzene rings is 1. The van der Waals surface area contributed by atoms with E-state index in [1.165, 1.54) is 26.4 Å². The summed E-state index contributed by atoms with van der Waals surface area (Å²) in [5, 5.41) is 11.9. The number of Topliss-reactive ketones (excluding diaryl/α,β-unsaturated/α-hetero) is 1. The zero-order chi connectivity index (χ0) is 24.2. The number of ketones is 2. The predicted octanol–water partition coefficient (Wildman–Crippen LogP) is 3.56. The minimum absolute atomic E-state index is 0.108. The fourth-order valence-corrected chi connectivity index (χ4v) is 4.99. The van der Waals surface area contributed by atoms with Crippen LogP contribution in [0.3, 0.4) is 0 Å². The molecule has 1 aliphatic heterocycles. The van der Waals surface area contributed by atoms with E-state index in [2.05, 4.69) is 15.5 Å². The maximum Gasteiger partial charge on any atom is 0.236 e. The molecule has 10 heteroatoms. The molecule has 3 heterocycles. The zero-order valence-corrected chi connectivity index (χ0v) is 19.8. The Morgan fingerprint density at radius 3 is 2.71 bits per heavy atom. The van der Waals surface area contributed by atoms with Crippen molar-refractivity contribution in [3.05, 3.63) is 58.6 Å². The highest BCUT2D eigenvalue weighted by Crippen LogP contribution is 2.53. The SMILES string of the molecule is COc1cc(OC)c2c(c1Cl)OC1(C(=O)C=C(NC(C)c3nnc4ccccn34)CC1C)C2=O. The molecule has 0 saturated carbocycles. The lowest BCUT2D eigenvalue weighted by molar-refractivity contribution is -0.129. The average Bonchev–Trinajstić information content (AvgIpc) is 3.39. The van der Waals surface area contributed by atoms with Gasteiger partial charge in [0.15, 0.2) is 17.2 Å². The van der Waals surface area contributed by atoms with Crippen LogP contribution < -0.4 is 19.5 Å². The first kappa shape index (κ1) is 22.2. The topological polar surface area (TPSA) is 104 Å². The quantitative estimate of drug-likeness (QED) is 0.550. The molecule has 1 aliphatic carbocycles. The largest absolute Gasteiger partial charge is 0.496 e. The van der Waals surface area contributed by atoms with E-state index in [1.807, 2.05) is 42.6 Å². The van der Waals surface area contributed by atoms with Gasteiger partial charge in [0.25, 0.3) is 0 Å². The molecule has 9 nitrogen and oxygen atoms in total. The third-order valence-corrected chi connectivity index (χ3v) is 6.80. The van der Waals surface area contributed by atoms with Gasteiger partial charge in [0.05, 0.1) is 20.3 Å². The van der Waals surface area contributed by atoms with E-state index in [1.54, 1.807) is 0 Å². The van der Waals surface area contributed by atoms with E-state index in [0.29, 0.717) is 23.7 Å². The monoisotopic (exact) mass is 482 g/mol. The van der Waals surface area contributed by atoms with Gasteiger partial charge < -0.3 is 19.5 Å². The number of nitrogens with zero attached hydrogens (tertiary/aromatic N) is 3. The molecule has 1 N–H and O–H groups in total. The van der Waals surface area contributed by atoms with Crippen LogP contribution in [0.4, 0.5) is 0 Å². The second kappa shape index (κ2) is 8.02. The number of carbonyl (C=O) groups excluding carboxylic acids is 2.